The highest BCUT2D eigenvalue weighted by Gasteiger charge is 2.36. The number of benzene rings is 1. The van der Waals surface area contributed by atoms with Crippen molar-refractivity contribution in [1.82, 2.24) is 15.3 Å². The Labute approximate surface area is 139 Å². The van der Waals surface area contributed by atoms with Crippen molar-refractivity contribution < 1.29 is 26.3 Å². The van der Waals surface area contributed by atoms with Crippen molar-refractivity contribution in [2.45, 2.75) is 37.7 Å². The molecular weight excluding hydrogens is 348 g/mol. The van der Waals surface area contributed by atoms with E-state index in [1.165, 1.54) is 6.20 Å². The van der Waals surface area contributed by atoms with E-state index in [1.54, 1.807) is 0 Å². The number of nitrogens with zero attached hydrogens (tertiary/aromatic N) is 1. The average Bonchev–Trinajstić information content (AvgIpc) is 3.15. The van der Waals surface area contributed by atoms with Crippen LogP contribution in [0.4, 0.5) is 26.3 Å². The molecule has 3 rings (SSSR count). The van der Waals surface area contributed by atoms with E-state index < -0.39 is 23.5 Å². The van der Waals surface area contributed by atoms with Gasteiger partial charge in [-0.25, -0.2) is 4.98 Å². The summed E-state index contributed by atoms with van der Waals surface area (Å²) in [6.07, 6.45) is -6.46. The van der Waals surface area contributed by atoms with E-state index in [-0.39, 0.29) is 24.1 Å². The van der Waals surface area contributed by atoms with Crippen molar-refractivity contribution in [2.24, 2.45) is 0 Å². The summed E-state index contributed by atoms with van der Waals surface area (Å²) >= 11 is 0. The molecule has 25 heavy (non-hydrogen) atoms. The molecule has 2 N–H and O–H groups in total. The Kier molecular flexibility index (Phi) is 4.52. The summed E-state index contributed by atoms with van der Waals surface area (Å²) < 4.78 is 77.3. The molecule has 1 aromatic carbocycles. The highest BCUT2D eigenvalue weighted by molar-refractivity contribution is 5.35. The van der Waals surface area contributed by atoms with Gasteiger partial charge in [-0.05, 0) is 43.1 Å². The second-order valence-corrected chi connectivity index (χ2v) is 6.03. The zero-order valence-electron chi connectivity index (χ0n) is 12.9. The molecule has 0 saturated carbocycles. The van der Waals surface area contributed by atoms with E-state index in [1.807, 2.05) is 0 Å². The summed E-state index contributed by atoms with van der Waals surface area (Å²) in [5.74, 6) is 0.649. The fourth-order valence-electron chi connectivity index (χ4n) is 2.90. The third-order valence-electron chi connectivity index (χ3n) is 4.08. The number of nitrogens with one attached hydrogen (secondary N) is 2. The molecule has 2 aromatic rings. The monoisotopic (exact) mass is 363 g/mol. The van der Waals surface area contributed by atoms with Gasteiger partial charge < -0.3 is 10.3 Å². The first-order chi connectivity index (χ1) is 11.6. The summed E-state index contributed by atoms with van der Waals surface area (Å²) in [7, 11) is 0. The molecule has 1 aliphatic heterocycles. The van der Waals surface area contributed by atoms with Crippen LogP contribution in [0.15, 0.2) is 24.4 Å². The maximum Gasteiger partial charge on any atom is 0.416 e. The summed E-state index contributed by atoms with van der Waals surface area (Å²) in [5, 5.41) is 3.22. The molecule has 9 heteroatoms. The summed E-state index contributed by atoms with van der Waals surface area (Å²) in [4.78, 5) is 7.16. The Morgan fingerprint density at radius 2 is 1.64 bits per heavy atom. The van der Waals surface area contributed by atoms with Crippen LogP contribution >= 0.6 is 0 Å². The lowest BCUT2D eigenvalue weighted by molar-refractivity contribution is -0.143. The first-order valence-electron chi connectivity index (χ1n) is 7.68. The Morgan fingerprint density at radius 1 is 1.00 bits per heavy atom. The number of aromatic nitrogens is 2. The van der Waals surface area contributed by atoms with Gasteiger partial charge in [0.1, 0.15) is 5.82 Å². The molecule has 0 radical (unpaired) electrons. The number of H-pyrrole nitrogens is 1. The number of hydrogen-bond donors (Lipinski definition) is 2. The summed E-state index contributed by atoms with van der Waals surface area (Å²) in [5.41, 5.74) is -2.23. The SMILES string of the molecule is FC(F)(F)c1cc(Cc2cnc([C@@H]3CCCN3)[nH]2)cc(C(F)(F)F)c1. The molecule has 0 amide bonds. The van der Waals surface area contributed by atoms with Crippen molar-refractivity contribution in [3.8, 4) is 0 Å². The molecule has 0 spiro atoms. The second-order valence-electron chi connectivity index (χ2n) is 6.03. The standard InChI is InChI=1S/C16H15F6N3/c17-15(18,19)10-4-9(5-11(7-10)16(20,21)22)6-12-8-24-14(25-12)13-2-1-3-23-13/h4-5,7-8,13,23H,1-3,6H2,(H,24,25)/t13-/m0/s1. The maximum atomic E-state index is 12.9. The molecule has 2 heterocycles. The Hall–Kier alpha value is -2.03. The predicted molar refractivity (Wildman–Crippen MR) is 77.8 cm³/mol. The number of hydrogen-bond acceptors (Lipinski definition) is 2. The van der Waals surface area contributed by atoms with Crippen LogP contribution in [0.3, 0.4) is 0 Å². The minimum Gasteiger partial charge on any atom is -0.344 e. The van der Waals surface area contributed by atoms with Gasteiger partial charge in [-0.15, -0.1) is 0 Å². The van der Waals surface area contributed by atoms with Crippen molar-refractivity contribution in [3.63, 3.8) is 0 Å². The Balaban J connectivity index is 1.88. The molecular formula is C16H15F6N3. The van der Waals surface area contributed by atoms with Crippen molar-refractivity contribution in [1.29, 1.82) is 0 Å². The fourth-order valence-corrected chi connectivity index (χ4v) is 2.90. The molecule has 1 aromatic heterocycles. The van der Waals surface area contributed by atoms with Gasteiger partial charge in [0, 0.05) is 18.3 Å². The van der Waals surface area contributed by atoms with Crippen molar-refractivity contribution >= 4 is 0 Å². The summed E-state index contributed by atoms with van der Waals surface area (Å²) in [6, 6.07) is 1.65. The number of alkyl halides is 6. The highest BCUT2D eigenvalue weighted by Crippen LogP contribution is 2.36. The van der Waals surface area contributed by atoms with Crippen LogP contribution < -0.4 is 5.32 Å². The quantitative estimate of drug-likeness (QED) is 0.791. The Morgan fingerprint density at radius 3 is 2.16 bits per heavy atom. The molecule has 0 unspecified atom stereocenters. The zero-order chi connectivity index (χ0) is 18.2. The van der Waals surface area contributed by atoms with Gasteiger partial charge >= 0.3 is 12.4 Å². The smallest absolute Gasteiger partial charge is 0.344 e. The first kappa shape index (κ1) is 17.8. The van der Waals surface area contributed by atoms with Gasteiger partial charge in [-0.2, -0.15) is 26.3 Å². The molecule has 1 aliphatic rings. The van der Waals surface area contributed by atoms with Gasteiger partial charge in [0.15, 0.2) is 0 Å². The van der Waals surface area contributed by atoms with Gasteiger partial charge in [0.05, 0.1) is 17.2 Å². The van der Waals surface area contributed by atoms with Crippen LogP contribution in [-0.4, -0.2) is 16.5 Å². The lowest BCUT2D eigenvalue weighted by Crippen LogP contribution is -2.14. The van der Waals surface area contributed by atoms with E-state index >= 15 is 0 Å². The second kappa shape index (κ2) is 6.36. The lowest BCUT2D eigenvalue weighted by Gasteiger charge is -2.14. The van der Waals surface area contributed by atoms with Crippen LogP contribution in [0.2, 0.25) is 0 Å². The zero-order valence-corrected chi connectivity index (χ0v) is 12.9. The van der Waals surface area contributed by atoms with Crippen LogP contribution in [0.1, 0.15) is 47.1 Å². The normalized spacial score (nSPS) is 18.7. The molecule has 1 saturated heterocycles. The van der Waals surface area contributed by atoms with Crippen LogP contribution in [0, 0.1) is 0 Å². The average molecular weight is 363 g/mol. The van der Waals surface area contributed by atoms with Gasteiger partial charge in [-0.3, -0.25) is 0 Å². The first-order valence-corrected chi connectivity index (χ1v) is 7.68. The molecule has 136 valence electrons. The van der Waals surface area contributed by atoms with E-state index in [0.717, 1.165) is 31.5 Å². The molecule has 1 fully saturated rings. The van der Waals surface area contributed by atoms with Gasteiger partial charge in [0.25, 0.3) is 0 Å². The van der Waals surface area contributed by atoms with Gasteiger partial charge in [0.2, 0.25) is 0 Å². The fraction of sp³-hybridized carbons (Fsp3) is 0.438. The topological polar surface area (TPSA) is 40.7 Å². The maximum absolute atomic E-state index is 12.9. The van der Waals surface area contributed by atoms with Crippen LogP contribution in [0.25, 0.3) is 0 Å². The minimum absolute atomic E-state index is 0.0426. The molecule has 3 nitrogen and oxygen atoms in total. The van der Waals surface area contributed by atoms with E-state index in [4.69, 9.17) is 0 Å². The molecule has 0 bridgehead atoms. The van der Waals surface area contributed by atoms with Crippen LogP contribution in [-0.2, 0) is 18.8 Å². The van der Waals surface area contributed by atoms with Crippen molar-refractivity contribution in [2.75, 3.05) is 6.54 Å². The third kappa shape index (κ3) is 4.15. The number of imidazole rings is 1. The number of halogens is 6. The minimum atomic E-state index is -4.84. The molecule has 0 aliphatic carbocycles. The number of aromatic amines is 1. The highest BCUT2D eigenvalue weighted by atomic mass is 19.4. The van der Waals surface area contributed by atoms with E-state index in [9.17, 15) is 26.3 Å². The van der Waals surface area contributed by atoms with E-state index in [0.29, 0.717) is 11.5 Å². The molecule has 1 atom stereocenters. The summed E-state index contributed by atoms with van der Waals surface area (Å²) in [6.45, 7) is 0.850. The van der Waals surface area contributed by atoms with Crippen LogP contribution in [0.5, 0.6) is 0 Å². The predicted octanol–water partition coefficient (Wildman–Crippen LogP) is 4.46. The Bertz CT molecular complexity index is 709. The number of rotatable bonds is 3. The lowest BCUT2D eigenvalue weighted by atomic mass is 10.0. The third-order valence-corrected chi connectivity index (χ3v) is 4.08. The van der Waals surface area contributed by atoms with Crippen molar-refractivity contribution in [3.05, 3.63) is 52.6 Å². The largest absolute Gasteiger partial charge is 0.416 e. The van der Waals surface area contributed by atoms with Gasteiger partial charge in [-0.1, -0.05) is 0 Å². The van der Waals surface area contributed by atoms with E-state index in [2.05, 4.69) is 15.3 Å².